The Balaban J connectivity index is 2.39. The molecule has 0 saturated heterocycles. The number of benzene rings is 1. The van der Waals surface area contributed by atoms with Crippen LogP contribution in [-0.2, 0) is 0 Å². The minimum atomic E-state index is -0.476. The minimum absolute atomic E-state index is 0.175. The van der Waals surface area contributed by atoms with E-state index in [4.69, 9.17) is 0 Å². The molecule has 1 aliphatic rings. The predicted octanol–water partition coefficient (Wildman–Crippen LogP) is 4.18. The van der Waals surface area contributed by atoms with Crippen molar-refractivity contribution in [3.05, 3.63) is 33.8 Å². The molecule has 0 amide bonds. The van der Waals surface area contributed by atoms with E-state index in [-0.39, 0.29) is 11.6 Å². The van der Waals surface area contributed by atoms with Crippen molar-refractivity contribution in [1.29, 1.82) is 0 Å². The van der Waals surface area contributed by atoms with E-state index < -0.39 is 11.6 Å². The Kier molecular flexibility index (Phi) is 4.15. The molecule has 1 atom stereocenters. The molecule has 94 valence electrons. The number of halogens is 3. The molecule has 0 aromatic heterocycles. The molecule has 4 heteroatoms. The second-order valence-corrected chi connectivity index (χ2v) is 5.42. The Morgan fingerprint density at radius 3 is 2.53 bits per heavy atom. The molecule has 1 nitrogen and oxygen atoms in total. The monoisotopic (exact) mass is 303 g/mol. The summed E-state index contributed by atoms with van der Waals surface area (Å²) in [4.78, 5) is 0. The third-order valence-corrected chi connectivity index (χ3v) is 4.19. The zero-order chi connectivity index (χ0) is 12.4. The number of nitrogens with one attached hydrogen (secondary N) is 1. The molecule has 1 aromatic carbocycles. The van der Waals surface area contributed by atoms with E-state index in [1.165, 1.54) is 12.1 Å². The summed E-state index contributed by atoms with van der Waals surface area (Å²) in [6.07, 6.45) is 4.38. The molecule has 0 bridgehead atoms. The van der Waals surface area contributed by atoms with E-state index >= 15 is 0 Å². The summed E-state index contributed by atoms with van der Waals surface area (Å²) in [5.74, 6) is -0.605. The summed E-state index contributed by atoms with van der Waals surface area (Å²) in [6, 6.07) is 2.51. The molecular formula is C13H16BrF2N. The number of hydrogen-bond acceptors (Lipinski definition) is 1. The Morgan fingerprint density at radius 2 is 1.94 bits per heavy atom. The zero-order valence-electron chi connectivity index (χ0n) is 9.77. The fourth-order valence-corrected chi connectivity index (χ4v) is 3.08. The average molecular weight is 304 g/mol. The van der Waals surface area contributed by atoms with Crippen LogP contribution in [0.4, 0.5) is 8.78 Å². The summed E-state index contributed by atoms with van der Waals surface area (Å²) >= 11 is 3.12. The largest absolute Gasteiger partial charge is 0.313 e. The lowest BCUT2D eigenvalue weighted by Gasteiger charge is -2.24. The maximum absolute atomic E-state index is 14.0. The Bertz CT molecular complexity index is 403. The molecule has 0 radical (unpaired) electrons. The predicted molar refractivity (Wildman–Crippen MR) is 67.8 cm³/mol. The molecule has 17 heavy (non-hydrogen) atoms. The third-order valence-electron chi connectivity index (χ3n) is 3.57. The fraction of sp³-hybridized carbons (Fsp3) is 0.538. The van der Waals surface area contributed by atoms with Crippen LogP contribution < -0.4 is 5.32 Å². The van der Waals surface area contributed by atoms with Crippen molar-refractivity contribution in [1.82, 2.24) is 5.32 Å². The zero-order valence-corrected chi connectivity index (χ0v) is 11.4. The van der Waals surface area contributed by atoms with Crippen LogP contribution in [-0.4, -0.2) is 7.05 Å². The fourth-order valence-electron chi connectivity index (χ4n) is 2.73. The second-order valence-electron chi connectivity index (χ2n) is 4.57. The van der Waals surface area contributed by atoms with Crippen molar-refractivity contribution in [2.45, 2.75) is 31.7 Å². The minimum Gasteiger partial charge on any atom is -0.313 e. The van der Waals surface area contributed by atoms with Crippen LogP contribution in [0.15, 0.2) is 16.6 Å². The third kappa shape index (κ3) is 2.52. The molecule has 1 N–H and O–H groups in total. The van der Waals surface area contributed by atoms with Crippen LogP contribution in [0, 0.1) is 17.6 Å². The molecule has 1 saturated carbocycles. The van der Waals surface area contributed by atoms with Gasteiger partial charge in [0.2, 0.25) is 0 Å². The van der Waals surface area contributed by atoms with E-state index in [0.717, 1.165) is 25.7 Å². The van der Waals surface area contributed by atoms with Crippen molar-refractivity contribution >= 4 is 15.9 Å². The normalized spacial score (nSPS) is 18.6. The van der Waals surface area contributed by atoms with Crippen LogP contribution in [0.5, 0.6) is 0 Å². The van der Waals surface area contributed by atoms with Gasteiger partial charge in [0.25, 0.3) is 0 Å². The van der Waals surface area contributed by atoms with Crippen molar-refractivity contribution < 1.29 is 8.78 Å². The highest BCUT2D eigenvalue weighted by Crippen LogP contribution is 2.38. The van der Waals surface area contributed by atoms with Gasteiger partial charge in [-0.2, -0.15) is 0 Å². The van der Waals surface area contributed by atoms with E-state index in [2.05, 4.69) is 21.2 Å². The lowest BCUT2D eigenvalue weighted by molar-refractivity contribution is 0.363. The molecule has 0 heterocycles. The van der Waals surface area contributed by atoms with Gasteiger partial charge in [-0.05, 0) is 53.9 Å². The van der Waals surface area contributed by atoms with Crippen molar-refractivity contribution in [3.63, 3.8) is 0 Å². The van der Waals surface area contributed by atoms with Crippen LogP contribution in [0.2, 0.25) is 0 Å². The van der Waals surface area contributed by atoms with Crippen LogP contribution >= 0.6 is 15.9 Å². The van der Waals surface area contributed by atoms with Gasteiger partial charge in [-0.15, -0.1) is 0 Å². The summed E-state index contributed by atoms with van der Waals surface area (Å²) in [5.41, 5.74) is 0.175. The lowest BCUT2D eigenvalue weighted by atomic mass is 9.91. The first-order valence-electron chi connectivity index (χ1n) is 5.95. The highest BCUT2D eigenvalue weighted by Gasteiger charge is 2.30. The SMILES string of the molecule is CNC(c1c(F)ccc(Br)c1F)C1CCCC1. The van der Waals surface area contributed by atoms with Crippen molar-refractivity contribution in [2.24, 2.45) is 5.92 Å². The standard InChI is InChI=1S/C13H16BrF2N/c1-17-13(8-4-2-3-5-8)11-10(15)7-6-9(14)12(11)16/h6-8,13,17H,2-5H2,1H3. The molecule has 1 unspecified atom stereocenters. The molecule has 1 fully saturated rings. The van der Waals surface area contributed by atoms with E-state index in [0.29, 0.717) is 10.4 Å². The van der Waals surface area contributed by atoms with Crippen LogP contribution in [0.1, 0.15) is 37.3 Å². The van der Waals surface area contributed by atoms with Crippen molar-refractivity contribution in [2.75, 3.05) is 7.05 Å². The maximum Gasteiger partial charge on any atom is 0.145 e. The van der Waals surface area contributed by atoms with Gasteiger partial charge in [-0.25, -0.2) is 8.78 Å². The molecular weight excluding hydrogens is 288 g/mol. The molecule has 2 rings (SSSR count). The summed E-state index contributed by atoms with van der Waals surface area (Å²) in [6.45, 7) is 0. The summed E-state index contributed by atoms with van der Waals surface area (Å²) in [5, 5.41) is 3.07. The van der Waals surface area contributed by atoms with Gasteiger partial charge in [0.1, 0.15) is 11.6 Å². The van der Waals surface area contributed by atoms with E-state index in [1.54, 1.807) is 7.05 Å². The van der Waals surface area contributed by atoms with Gasteiger partial charge in [0.15, 0.2) is 0 Å². The van der Waals surface area contributed by atoms with Gasteiger partial charge in [-0.1, -0.05) is 12.8 Å². The van der Waals surface area contributed by atoms with Crippen LogP contribution in [0.25, 0.3) is 0 Å². The van der Waals surface area contributed by atoms with E-state index in [9.17, 15) is 8.78 Å². The quantitative estimate of drug-likeness (QED) is 0.826. The van der Waals surface area contributed by atoms with Gasteiger partial charge in [0, 0.05) is 11.6 Å². The molecule has 1 aromatic rings. The summed E-state index contributed by atoms with van der Waals surface area (Å²) in [7, 11) is 1.77. The van der Waals surface area contributed by atoms with Gasteiger partial charge in [-0.3, -0.25) is 0 Å². The Morgan fingerprint density at radius 1 is 1.29 bits per heavy atom. The molecule has 0 aliphatic heterocycles. The first-order valence-corrected chi connectivity index (χ1v) is 6.75. The first kappa shape index (κ1) is 13.0. The van der Waals surface area contributed by atoms with Gasteiger partial charge in [0.05, 0.1) is 4.47 Å². The average Bonchev–Trinajstić information content (AvgIpc) is 2.83. The first-order chi connectivity index (χ1) is 8.15. The highest BCUT2D eigenvalue weighted by molar-refractivity contribution is 9.10. The van der Waals surface area contributed by atoms with Gasteiger partial charge >= 0.3 is 0 Å². The number of hydrogen-bond donors (Lipinski definition) is 1. The highest BCUT2D eigenvalue weighted by atomic mass is 79.9. The lowest BCUT2D eigenvalue weighted by Crippen LogP contribution is -2.26. The second kappa shape index (κ2) is 5.44. The molecule has 0 spiro atoms. The topological polar surface area (TPSA) is 12.0 Å². The van der Waals surface area contributed by atoms with E-state index in [1.807, 2.05) is 0 Å². The smallest absolute Gasteiger partial charge is 0.145 e. The van der Waals surface area contributed by atoms with Crippen LogP contribution in [0.3, 0.4) is 0 Å². The number of rotatable bonds is 3. The van der Waals surface area contributed by atoms with Crippen molar-refractivity contribution in [3.8, 4) is 0 Å². The maximum atomic E-state index is 14.0. The van der Waals surface area contributed by atoms with Gasteiger partial charge < -0.3 is 5.32 Å². The Labute approximate surface area is 109 Å². The Hall–Kier alpha value is -0.480. The molecule has 1 aliphatic carbocycles. The summed E-state index contributed by atoms with van der Waals surface area (Å²) < 4.78 is 28.2.